The van der Waals surface area contributed by atoms with E-state index in [2.05, 4.69) is 33.9 Å². The number of benzene rings is 2. The Hall–Kier alpha value is -2.94. The molecule has 1 atom stereocenters. The van der Waals surface area contributed by atoms with Crippen molar-refractivity contribution < 1.29 is 26.8 Å². The van der Waals surface area contributed by atoms with Gasteiger partial charge in [-0.05, 0) is 87.2 Å². The van der Waals surface area contributed by atoms with Crippen LogP contribution in [-0.4, -0.2) is 35.5 Å². The first-order valence-corrected chi connectivity index (χ1v) is 11.8. The van der Waals surface area contributed by atoms with Gasteiger partial charge in [0.15, 0.2) is 0 Å². The van der Waals surface area contributed by atoms with E-state index >= 15 is 0 Å². The van der Waals surface area contributed by atoms with Crippen molar-refractivity contribution in [1.29, 1.82) is 0 Å². The Morgan fingerprint density at radius 2 is 1.66 bits per heavy atom. The zero-order chi connectivity index (χ0) is 25.0. The third kappa shape index (κ3) is 6.81. The number of hydrogen-bond acceptors (Lipinski definition) is 5. The maximum Gasteiger partial charge on any atom is 0.573 e. The molecule has 0 saturated heterocycles. The van der Waals surface area contributed by atoms with Crippen LogP contribution in [0.1, 0.15) is 49.6 Å². The van der Waals surface area contributed by atoms with E-state index in [9.17, 15) is 17.6 Å². The van der Waals surface area contributed by atoms with Crippen LogP contribution in [0.25, 0.3) is 11.4 Å². The molecule has 0 bridgehead atoms. The summed E-state index contributed by atoms with van der Waals surface area (Å²) in [6.45, 7) is 0. The molecule has 9 heteroatoms. The van der Waals surface area contributed by atoms with Gasteiger partial charge in [0.2, 0.25) is 11.7 Å². The minimum Gasteiger partial charge on any atom is -0.406 e. The van der Waals surface area contributed by atoms with Crippen LogP contribution in [0, 0.1) is 17.7 Å². The minimum absolute atomic E-state index is 0.216. The number of hydrogen-bond donors (Lipinski definition) is 0. The van der Waals surface area contributed by atoms with Crippen LogP contribution < -0.4 is 4.74 Å². The van der Waals surface area contributed by atoms with Crippen LogP contribution in [-0.2, 0) is 6.42 Å². The van der Waals surface area contributed by atoms with E-state index in [-0.39, 0.29) is 17.6 Å². The third-order valence-corrected chi connectivity index (χ3v) is 6.69. The van der Waals surface area contributed by atoms with E-state index in [0.29, 0.717) is 35.5 Å². The number of aromatic nitrogens is 2. The number of alkyl halides is 3. The third-order valence-electron chi connectivity index (χ3n) is 6.69. The van der Waals surface area contributed by atoms with E-state index in [4.69, 9.17) is 4.52 Å². The van der Waals surface area contributed by atoms with Crippen molar-refractivity contribution in [3.05, 3.63) is 65.8 Å². The van der Waals surface area contributed by atoms with Gasteiger partial charge in [-0.25, -0.2) is 4.39 Å². The van der Waals surface area contributed by atoms with Gasteiger partial charge in [0.05, 0.1) is 0 Å². The van der Waals surface area contributed by atoms with Gasteiger partial charge in [0, 0.05) is 18.0 Å². The van der Waals surface area contributed by atoms with E-state index in [1.165, 1.54) is 36.4 Å². The fourth-order valence-corrected chi connectivity index (χ4v) is 5.05. The summed E-state index contributed by atoms with van der Waals surface area (Å²) in [7, 11) is 4.15. The molecule has 1 unspecified atom stereocenters. The lowest BCUT2D eigenvalue weighted by Gasteiger charge is -2.37. The molecule has 1 aliphatic carbocycles. The molecule has 0 aliphatic heterocycles. The van der Waals surface area contributed by atoms with Crippen LogP contribution in [0.4, 0.5) is 17.6 Å². The Balaban J connectivity index is 1.28. The highest BCUT2D eigenvalue weighted by atomic mass is 19.4. The van der Waals surface area contributed by atoms with Crippen molar-refractivity contribution in [2.75, 3.05) is 14.1 Å². The molecule has 1 heterocycles. The van der Waals surface area contributed by atoms with Gasteiger partial charge < -0.3 is 14.2 Å². The Labute approximate surface area is 202 Å². The molecule has 1 saturated carbocycles. The van der Waals surface area contributed by atoms with Gasteiger partial charge in [0.25, 0.3) is 0 Å². The number of nitrogens with zero attached hydrogens (tertiary/aromatic N) is 3. The molecule has 35 heavy (non-hydrogen) atoms. The van der Waals surface area contributed by atoms with Crippen molar-refractivity contribution >= 4 is 0 Å². The topological polar surface area (TPSA) is 51.4 Å². The number of aryl methyl sites for hydroxylation is 1. The maximum absolute atomic E-state index is 13.4. The van der Waals surface area contributed by atoms with Crippen LogP contribution >= 0.6 is 0 Å². The molecular formula is C26H29F4N3O2. The van der Waals surface area contributed by atoms with E-state index < -0.39 is 6.36 Å². The summed E-state index contributed by atoms with van der Waals surface area (Å²) in [5.74, 6) is 1.44. The Bertz CT molecular complexity index is 1070. The summed E-state index contributed by atoms with van der Waals surface area (Å²) in [6, 6.07) is 12.5. The highest BCUT2D eigenvalue weighted by molar-refractivity contribution is 5.55. The maximum atomic E-state index is 13.4. The second-order valence-corrected chi connectivity index (χ2v) is 9.36. The first kappa shape index (κ1) is 25.2. The summed E-state index contributed by atoms with van der Waals surface area (Å²) < 4.78 is 59.6. The van der Waals surface area contributed by atoms with Crippen molar-refractivity contribution in [2.24, 2.45) is 11.8 Å². The van der Waals surface area contributed by atoms with Gasteiger partial charge in [-0.1, -0.05) is 30.1 Å². The second kappa shape index (κ2) is 10.8. The average Bonchev–Trinajstić information content (AvgIpc) is 3.28. The molecule has 5 nitrogen and oxygen atoms in total. The minimum atomic E-state index is -4.73. The zero-order valence-corrected chi connectivity index (χ0v) is 19.8. The lowest BCUT2D eigenvalue weighted by atomic mass is 9.75. The molecule has 2 aromatic carbocycles. The van der Waals surface area contributed by atoms with E-state index in [1.54, 1.807) is 0 Å². The number of rotatable bonds is 8. The molecule has 0 spiro atoms. The molecule has 188 valence electrons. The van der Waals surface area contributed by atoms with E-state index in [1.807, 2.05) is 12.1 Å². The Morgan fingerprint density at radius 3 is 2.26 bits per heavy atom. The lowest BCUT2D eigenvalue weighted by molar-refractivity contribution is -0.274. The van der Waals surface area contributed by atoms with E-state index in [0.717, 1.165) is 37.7 Å². The summed E-state index contributed by atoms with van der Waals surface area (Å²) >= 11 is 0. The Kier molecular flexibility index (Phi) is 7.74. The normalized spacial score (nSPS) is 19.6. The molecular weight excluding hydrogens is 462 g/mol. The average molecular weight is 492 g/mol. The lowest BCUT2D eigenvalue weighted by Crippen LogP contribution is -2.30. The smallest absolute Gasteiger partial charge is 0.406 e. The number of ether oxygens (including phenoxy) is 1. The Morgan fingerprint density at radius 1 is 1.00 bits per heavy atom. The molecule has 1 fully saturated rings. The van der Waals surface area contributed by atoms with Gasteiger partial charge in [-0.15, -0.1) is 13.2 Å². The van der Waals surface area contributed by atoms with Gasteiger partial charge >= 0.3 is 6.36 Å². The molecule has 4 rings (SSSR count). The van der Waals surface area contributed by atoms with Gasteiger partial charge in [0.1, 0.15) is 11.6 Å². The highest BCUT2D eigenvalue weighted by Gasteiger charge is 2.31. The zero-order valence-electron chi connectivity index (χ0n) is 19.8. The highest BCUT2D eigenvalue weighted by Crippen LogP contribution is 2.40. The predicted octanol–water partition coefficient (Wildman–Crippen LogP) is 6.82. The fourth-order valence-electron chi connectivity index (χ4n) is 5.05. The molecule has 1 aromatic heterocycles. The molecule has 1 aliphatic rings. The van der Waals surface area contributed by atoms with Crippen molar-refractivity contribution in [3.63, 3.8) is 0 Å². The summed E-state index contributed by atoms with van der Waals surface area (Å²) in [4.78, 5) is 6.63. The standard InChI is InChI=1S/C26H29F4N3O2/c1-33(2)24(19-8-12-21(27)13-9-19)18-6-3-17(4-7-18)5-16-23-31-25(32-35-23)20-10-14-22(15-11-20)34-26(28,29)30/h8-15,17-18,24H,3-7,16H2,1-2H3. The predicted molar refractivity (Wildman–Crippen MR) is 123 cm³/mol. The van der Waals surface area contributed by atoms with Crippen LogP contribution in [0.5, 0.6) is 5.75 Å². The van der Waals surface area contributed by atoms with Crippen molar-refractivity contribution in [3.8, 4) is 17.1 Å². The van der Waals surface area contributed by atoms with Crippen LogP contribution in [0.3, 0.4) is 0 Å². The molecule has 3 aromatic rings. The summed E-state index contributed by atoms with van der Waals surface area (Å²) in [5.41, 5.74) is 1.71. The molecule has 0 N–H and O–H groups in total. The molecule has 0 radical (unpaired) electrons. The largest absolute Gasteiger partial charge is 0.573 e. The van der Waals surface area contributed by atoms with Crippen molar-refractivity contribution in [2.45, 2.75) is 50.9 Å². The SMILES string of the molecule is CN(C)C(c1ccc(F)cc1)C1CCC(CCc2nc(-c3ccc(OC(F)(F)F)cc3)no2)CC1. The van der Waals surface area contributed by atoms with Gasteiger partial charge in [-0.3, -0.25) is 0 Å². The first-order valence-electron chi connectivity index (χ1n) is 11.8. The summed E-state index contributed by atoms with van der Waals surface area (Å²) in [6.07, 6.45) is 1.30. The van der Waals surface area contributed by atoms with Crippen LogP contribution in [0.15, 0.2) is 53.1 Å². The molecule has 0 amide bonds. The first-order chi connectivity index (χ1) is 16.7. The number of halogens is 4. The van der Waals surface area contributed by atoms with Crippen LogP contribution in [0.2, 0.25) is 0 Å². The monoisotopic (exact) mass is 491 g/mol. The van der Waals surface area contributed by atoms with Crippen molar-refractivity contribution in [1.82, 2.24) is 15.0 Å². The quantitative estimate of drug-likeness (QED) is 0.324. The summed E-state index contributed by atoms with van der Waals surface area (Å²) in [5, 5.41) is 3.97. The van der Waals surface area contributed by atoms with Gasteiger partial charge in [-0.2, -0.15) is 4.98 Å². The fraction of sp³-hybridized carbons (Fsp3) is 0.462. The second-order valence-electron chi connectivity index (χ2n) is 9.36.